The third kappa shape index (κ3) is 6.22. The van der Waals surface area contributed by atoms with Crippen LogP contribution in [-0.2, 0) is 19.6 Å². The summed E-state index contributed by atoms with van der Waals surface area (Å²) >= 11 is 0. The molecular weight excluding hydrogens is 367 g/mol. The van der Waals surface area contributed by atoms with E-state index in [4.69, 9.17) is 14.2 Å². The van der Waals surface area contributed by atoms with Crippen LogP contribution in [0, 0.1) is 11.7 Å². The van der Waals surface area contributed by atoms with Crippen molar-refractivity contribution in [2.45, 2.75) is 38.4 Å². The third-order valence-corrected chi connectivity index (χ3v) is 4.91. The zero-order valence-corrected chi connectivity index (χ0v) is 15.3. The Morgan fingerprint density at radius 1 is 1.31 bits per heavy atom. The fraction of sp³-hybridized carbons (Fsp3) is 0.588. The molecule has 1 unspecified atom stereocenters. The van der Waals surface area contributed by atoms with E-state index in [0.717, 1.165) is 38.2 Å². The molecule has 0 bridgehead atoms. The van der Waals surface area contributed by atoms with Gasteiger partial charge in [0.1, 0.15) is 6.61 Å². The number of carbonyl (C=O) groups excluding carboxylic acids is 1. The Morgan fingerprint density at radius 3 is 2.62 bits per heavy atom. The van der Waals surface area contributed by atoms with Gasteiger partial charge in [-0.15, -0.1) is 0 Å². The number of esters is 1. The molecule has 0 amide bonds. The predicted molar refractivity (Wildman–Crippen MR) is 89.2 cm³/mol. The zero-order chi connectivity index (χ0) is 19.2. The van der Waals surface area contributed by atoms with Gasteiger partial charge < -0.3 is 18.8 Å². The van der Waals surface area contributed by atoms with Crippen molar-refractivity contribution in [1.82, 2.24) is 0 Å². The number of carbonyl (C=O) groups is 1. The second-order valence-corrected chi connectivity index (χ2v) is 7.69. The first-order chi connectivity index (χ1) is 12.3. The molecule has 26 heavy (non-hydrogen) atoms. The van der Waals surface area contributed by atoms with Gasteiger partial charge in [-0.1, -0.05) is 19.3 Å². The quantitative estimate of drug-likeness (QED) is 0.382. The van der Waals surface area contributed by atoms with E-state index in [1.807, 2.05) is 0 Å². The lowest BCUT2D eigenvalue weighted by atomic mass is 9.89. The van der Waals surface area contributed by atoms with Gasteiger partial charge in [0.25, 0.3) is 0 Å². The lowest BCUT2D eigenvalue weighted by Gasteiger charge is -2.29. The van der Waals surface area contributed by atoms with Gasteiger partial charge in [-0.2, -0.15) is 0 Å². The van der Waals surface area contributed by atoms with Crippen LogP contribution in [-0.4, -0.2) is 44.7 Å². The molecule has 0 N–H and O–H groups in total. The van der Waals surface area contributed by atoms with Crippen molar-refractivity contribution in [2.24, 2.45) is 5.92 Å². The Hall–Kier alpha value is -1.71. The number of ether oxygens (including phenoxy) is 3. The van der Waals surface area contributed by atoms with E-state index in [9.17, 15) is 22.2 Å². The summed E-state index contributed by atoms with van der Waals surface area (Å²) in [5.74, 6) is -2.34. The normalized spacial score (nSPS) is 16.9. The molecule has 1 aliphatic rings. The summed E-state index contributed by atoms with van der Waals surface area (Å²) in [7, 11) is -2.99. The minimum absolute atomic E-state index is 0.0109. The number of benzene rings is 1. The largest absolute Gasteiger partial charge is 0.748 e. The first kappa shape index (κ1) is 20.6. The molecule has 1 aromatic carbocycles. The molecule has 0 aliphatic heterocycles. The minimum Gasteiger partial charge on any atom is -0.748 e. The summed E-state index contributed by atoms with van der Waals surface area (Å²) in [6.45, 7) is -0.568. The molecule has 1 fully saturated rings. The molecule has 1 saturated carbocycles. The SMILES string of the molecule is COC(Oc1cc(C(=O)OCCS(=O)(=O)[O-])ccc1F)C1CCCCC1. The topological polar surface area (TPSA) is 102 Å². The Balaban J connectivity index is 2.04. The molecule has 0 heterocycles. The fourth-order valence-corrected chi connectivity index (χ4v) is 3.20. The van der Waals surface area contributed by atoms with Gasteiger partial charge in [0.05, 0.1) is 21.4 Å². The predicted octanol–water partition coefficient (Wildman–Crippen LogP) is 2.46. The molecule has 1 aromatic rings. The molecule has 9 heteroatoms. The standard InChI is InChI=1S/C17H23FO7S/c1-23-17(12-5-3-2-4-6-12)25-15-11-13(7-8-14(15)18)16(19)24-9-10-26(20,21)22/h7-8,11-12,17H,2-6,9-10H2,1H3,(H,20,21,22)/p-1. The first-order valence-electron chi connectivity index (χ1n) is 8.40. The monoisotopic (exact) mass is 389 g/mol. The highest BCUT2D eigenvalue weighted by molar-refractivity contribution is 7.85. The minimum atomic E-state index is -4.48. The maximum absolute atomic E-state index is 14.1. The van der Waals surface area contributed by atoms with E-state index >= 15 is 0 Å². The molecule has 0 radical (unpaired) electrons. The average molecular weight is 389 g/mol. The lowest BCUT2D eigenvalue weighted by Crippen LogP contribution is -2.30. The maximum atomic E-state index is 14.1. The third-order valence-electron chi connectivity index (χ3n) is 4.24. The molecule has 1 atom stereocenters. The highest BCUT2D eigenvalue weighted by atomic mass is 32.2. The lowest BCUT2D eigenvalue weighted by molar-refractivity contribution is -0.102. The van der Waals surface area contributed by atoms with E-state index in [-0.39, 0.29) is 17.2 Å². The van der Waals surface area contributed by atoms with Crippen LogP contribution in [0.25, 0.3) is 0 Å². The fourth-order valence-electron chi connectivity index (χ4n) is 2.91. The molecule has 0 saturated heterocycles. The smallest absolute Gasteiger partial charge is 0.338 e. The second kappa shape index (κ2) is 9.29. The summed E-state index contributed by atoms with van der Waals surface area (Å²) in [6, 6.07) is 3.43. The maximum Gasteiger partial charge on any atom is 0.338 e. The molecule has 1 aliphatic carbocycles. The van der Waals surface area contributed by atoms with Crippen molar-refractivity contribution < 1.29 is 36.4 Å². The summed E-state index contributed by atoms with van der Waals surface area (Å²) in [5.41, 5.74) is -0.0109. The van der Waals surface area contributed by atoms with E-state index in [1.165, 1.54) is 19.2 Å². The molecule has 0 spiro atoms. The van der Waals surface area contributed by atoms with Crippen LogP contribution in [0.15, 0.2) is 18.2 Å². The Bertz CT molecular complexity index is 714. The van der Waals surface area contributed by atoms with Crippen LogP contribution in [0.2, 0.25) is 0 Å². The number of methoxy groups -OCH3 is 1. The zero-order valence-electron chi connectivity index (χ0n) is 14.5. The van der Waals surface area contributed by atoms with Crippen molar-refractivity contribution in [1.29, 1.82) is 0 Å². The average Bonchev–Trinajstić information content (AvgIpc) is 2.60. The number of hydrogen-bond donors (Lipinski definition) is 0. The van der Waals surface area contributed by atoms with Gasteiger partial charge in [0, 0.05) is 13.0 Å². The summed E-state index contributed by atoms with van der Waals surface area (Å²) < 4.78 is 61.3. The van der Waals surface area contributed by atoms with E-state index in [2.05, 4.69) is 0 Å². The number of hydrogen-bond acceptors (Lipinski definition) is 7. The Labute approximate surface area is 152 Å². The van der Waals surface area contributed by atoms with Gasteiger partial charge in [0.2, 0.25) is 6.29 Å². The van der Waals surface area contributed by atoms with Crippen LogP contribution in [0.3, 0.4) is 0 Å². The highest BCUT2D eigenvalue weighted by Gasteiger charge is 2.26. The van der Waals surface area contributed by atoms with Crippen molar-refractivity contribution in [3.05, 3.63) is 29.6 Å². The van der Waals surface area contributed by atoms with E-state index in [0.29, 0.717) is 0 Å². The van der Waals surface area contributed by atoms with Gasteiger partial charge >= 0.3 is 5.97 Å². The van der Waals surface area contributed by atoms with Crippen molar-refractivity contribution in [3.8, 4) is 5.75 Å². The number of halogens is 1. The van der Waals surface area contributed by atoms with E-state index < -0.39 is 40.6 Å². The van der Waals surface area contributed by atoms with Crippen molar-refractivity contribution in [2.75, 3.05) is 19.5 Å². The van der Waals surface area contributed by atoms with Crippen LogP contribution >= 0.6 is 0 Å². The number of rotatable bonds is 8. The Kier molecular flexibility index (Phi) is 7.36. The molecule has 7 nitrogen and oxygen atoms in total. The first-order valence-corrected chi connectivity index (χ1v) is 9.97. The Morgan fingerprint density at radius 2 is 2.00 bits per heavy atom. The summed E-state index contributed by atoms with van der Waals surface area (Å²) in [4.78, 5) is 11.9. The highest BCUT2D eigenvalue weighted by Crippen LogP contribution is 2.30. The van der Waals surface area contributed by atoms with Crippen LogP contribution < -0.4 is 4.74 Å². The van der Waals surface area contributed by atoms with Gasteiger partial charge in [-0.25, -0.2) is 17.6 Å². The van der Waals surface area contributed by atoms with Crippen molar-refractivity contribution in [3.63, 3.8) is 0 Å². The van der Waals surface area contributed by atoms with Crippen LogP contribution in [0.5, 0.6) is 5.75 Å². The second-order valence-electron chi connectivity index (χ2n) is 6.16. The van der Waals surface area contributed by atoms with Gasteiger partial charge in [-0.05, 0) is 31.0 Å². The van der Waals surface area contributed by atoms with Crippen molar-refractivity contribution >= 4 is 16.1 Å². The summed E-state index contributed by atoms with van der Waals surface area (Å²) in [5, 5.41) is 0. The van der Waals surface area contributed by atoms with Gasteiger partial charge in [-0.3, -0.25) is 0 Å². The molecule has 2 rings (SSSR count). The molecule has 146 valence electrons. The van der Waals surface area contributed by atoms with Crippen LogP contribution in [0.4, 0.5) is 4.39 Å². The molecule has 0 aromatic heterocycles. The summed E-state index contributed by atoms with van der Waals surface area (Å²) in [6.07, 6.45) is 4.50. The van der Waals surface area contributed by atoms with Gasteiger partial charge in [0.15, 0.2) is 11.6 Å². The van der Waals surface area contributed by atoms with Crippen LogP contribution in [0.1, 0.15) is 42.5 Å². The molecular formula is C17H22FO7S-. The van der Waals surface area contributed by atoms with E-state index in [1.54, 1.807) is 0 Å².